The minimum atomic E-state index is -0.345. The summed E-state index contributed by atoms with van der Waals surface area (Å²) in [4.78, 5) is 31.6. The number of benzene rings is 2. The molecule has 2 amide bonds. The van der Waals surface area contributed by atoms with E-state index in [0.29, 0.717) is 12.4 Å². The van der Waals surface area contributed by atoms with Crippen LogP contribution in [0.25, 0.3) is 11.0 Å². The molecule has 1 aromatic heterocycles. The molecule has 0 radical (unpaired) electrons. The van der Waals surface area contributed by atoms with Crippen LogP contribution in [-0.2, 0) is 22.7 Å². The van der Waals surface area contributed by atoms with Crippen LogP contribution in [0.15, 0.2) is 54.6 Å². The molecule has 0 aliphatic carbocycles. The molecular weight excluding hydrogens is 392 g/mol. The molecule has 0 atom stereocenters. The summed E-state index contributed by atoms with van der Waals surface area (Å²) in [6, 6.07) is 17.2. The summed E-state index contributed by atoms with van der Waals surface area (Å²) in [6.07, 6.45) is 0. The molecule has 2 aromatic carbocycles. The first-order chi connectivity index (χ1) is 14.8. The first kappa shape index (κ1) is 22.3. The smallest absolute Gasteiger partial charge is 0.243 e. The second kappa shape index (κ2) is 9.64. The van der Waals surface area contributed by atoms with E-state index in [1.54, 1.807) is 4.90 Å². The molecule has 164 valence electrons. The number of nitrogens with one attached hydrogen (secondary N) is 1. The van der Waals surface area contributed by atoms with Gasteiger partial charge in [0, 0.05) is 12.1 Å². The number of likely N-dealkylation sites (N-methyl/N-ethyl adjacent to an activating group) is 1. The van der Waals surface area contributed by atoms with Crippen LogP contribution in [-0.4, -0.2) is 44.9 Å². The van der Waals surface area contributed by atoms with Crippen molar-refractivity contribution in [3.63, 3.8) is 0 Å². The number of imidazole rings is 1. The molecule has 0 aliphatic heterocycles. The minimum absolute atomic E-state index is 0.0229. The number of hydrogen-bond donors (Lipinski definition) is 1. The predicted octanol–water partition coefficient (Wildman–Crippen LogP) is 3.38. The molecule has 0 aliphatic rings. The Balaban J connectivity index is 1.78. The van der Waals surface area contributed by atoms with Crippen molar-refractivity contribution < 1.29 is 14.3 Å². The maximum absolute atomic E-state index is 13.1. The predicted molar refractivity (Wildman–Crippen MR) is 121 cm³/mol. The molecular formula is C24H30N4O3. The Labute approximate surface area is 183 Å². The minimum Gasteiger partial charge on any atom is -0.486 e. The molecule has 1 heterocycles. The fraction of sp³-hybridized carbons (Fsp3) is 0.375. The Morgan fingerprint density at radius 1 is 1.06 bits per heavy atom. The van der Waals surface area contributed by atoms with Crippen molar-refractivity contribution in [3.05, 3.63) is 60.4 Å². The second-order valence-corrected chi connectivity index (χ2v) is 8.41. The number of amides is 2. The third kappa shape index (κ3) is 6.07. The van der Waals surface area contributed by atoms with Crippen molar-refractivity contribution in [2.45, 2.75) is 46.4 Å². The molecule has 31 heavy (non-hydrogen) atoms. The van der Waals surface area contributed by atoms with Crippen LogP contribution in [0.2, 0.25) is 0 Å². The van der Waals surface area contributed by atoms with Gasteiger partial charge in [0.15, 0.2) is 0 Å². The lowest BCUT2D eigenvalue weighted by molar-refractivity contribution is -0.136. The molecule has 7 nitrogen and oxygen atoms in total. The summed E-state index contributed by atoms with van der Waals surface area (Å²) in [5.74, 6) is 1.08. The molecule has 3 aromatic rings. The number of ether oxygens (including phenoxy) is 1. The van der Waals surface area contributed by atoms with Gasteiger partial charge in [0.25, 0.3) is 0 Å². The highest BCUT2D eigenvalue weighted by Crippen LogP contribution is 2.19. The highest BCUT2D eigenvalue weighted by Gasteiger charge is 2.21. The topological polar surface area (TPSA) is 76.5 Å². The summed E-state index contributed by atoms with van der Waals surface area (Å²) >= 11 is 0. The quantitative estimate of drug-likeness (QED) is 0.604. The lowest BCUT2D eigenvalue weighted by Crippen LogP contribution is -2.47. The van der Waals surface area contributed by atoms with E-state index < -0.39 is 0 Å². The van der Waals surface area contributed by atoms with E-state index >= 15 is 0 Å². The highest BCUT2D eigenvalue weighted by atomic mass is 16.5. The summed E-state index contributed by atoms with van der Waals surface area (Å²) < 4.78 is 7.74. The number of fused-ring (bicyclic) bond motifs is 1. The van der Waals surface area contributed by atoms with E-state index in [2.05, 4.69) is 10.3 Å². The van der Waals surface area contributed by atoms with Crippen molar-refractivity contribution in [2.75, 3.05) is 13.1 Å². The molecule has 7 heteroatoms. The van der Waals surface area contributed by atoms with Gasteiger partial charge in [0.2, 0.25) is 11.8 Å². The van der Waals surface area contributed by atoms with Gasteiger partial charge in [-0.2, -0.15) is 0 Å². The van der Waals surface area contributed by atoms with Crippen LogP contribution in [0, 0.1) is 0 Å². The zero-order valence-electron chi connectivity index (χ0n) is 18.6. The van der Waals surface area contributed by atoms with Crippen LogP contribution < -0.4 is 10.1 Å². The van der Waals surface area contributed by atoms with E-state index in [9.17, 15) is 9.59 Å². The van der Waals surface area contributed by atoms with Gasteiger partial charge in [-0.3, -0.25) is 9.59 Å². The Hall–Kier alpha value is -3.35. The third-order valence-electron chi connectivity index (χ3n) is 4.72. The molecule has 1 N–H and O–H groups in total. The summed E-state index contributed by atoms with van der Waals surface area (Å²) in [5, 5.41) is 2.91. The summed E-state index contributed by atoms with van der Waals surface area (Å²) in [7, 11) is 0. The van der Waals surface area contributed by atoms with Crippen molar-refractivity contribution in [2.24, 2.45) is 0 Å². The molecule has 0 saturated carbocycles. The van der Waals surface area contributed by atoms with Crippen molar-refractivity contribution in [1.82, 2.24) is 19.8 Å². The number of carbonyl (C=O) groups excluding carboxylic acids is 2. The molecule has 0 unspecified atom stereocenters. The van der Waals surface area contributed by atoms with Gasteiger partial charge in [-0.05, 0) is 52.0 Å². The zero-order valence-corrected chi connectivity index (χ0v) is 18.6. The number of aromatic nitrogens is 2. The molecule has 0 spiro atoms. The Morgan fingerprint density at radius 3 is 2.42 bits per heavy atom. The zero-order chi connectivity index (χ0) is 22.4. The average Bonchev–Trinajstić information content (AvgIpc) is 3.07. The monoisotopic (exact) mass is 422 g/mol. The first-order valence-corrected chi connectivity index (χ1v) is 10.5. The SMILES string of the molecule is CCN(CC(=O)NC(C)(C)C)C(=O)Cn1c(COc2ccccc2)nc2ccccc21. The fourth-order valence-corrected chi connectivity index (χ4v) is 3.32. The maximum atomic E-state index is 13.1. The van der Waals surface area contributed by atoms with Crippen molar-refractivity contribution >= 4 is 22.8 Å². The average molecular weight is 423 g/mol. The molecule has 0 bridgehead atoms. The van der Waals surface area contributed by atoms with Crippen molar-refractivity contribution in [3.8, 4) is 5.75 Å². The molecule has 0 fully saturated rings. The Kier molecular flexibility index (Phi) is 6.95. The first-order valence-electron chi connectivity index (χ1n) is 10.5. The Bertz CT molecular complexity index is 1040. The molecule has 3 rings (SSSR count). The van der Waals surface area contributed by atoms with Gasteiger partial charge in [0.05, 0.1) is 17.6 Å². The van der Waals surface area contributed by atoms with Gasteiger partial charge < -0.3 is 19.5 Å². The van der Waals surface area contributed by atoms with Gasteiger partial charge in [0.1, 0.15) is 24.7 Å². The van der Waals surface area contributed by atoms with E-state index in [1.165, 1.54) is 0 Å². The van der Waals surface area contributed by atoms with Gasteiger partial charge in [-0.25, -0.2) is 4.98 Å². The van der Waals surface area contributed by atoms with E-state index in [-0.39, 0.29) is 37.0 Å². The van der Waals surface area contributed by atoms with Crippen LogP contribution in [0.5, 0.6) is 5.75 Å². The van der Waals surface area contributed by atoms with Crippen LogP contribution >= 0.6 is 0 Å². The molecule has 0 saturated heterocycles. The van der Waals surface area contributed by atoms with E-state index in [1.807, 2.05) is 86.9 Å². The maximum Gasteiger partial charge on any atom is 0.243 e. The number of hydrogen-bond acceptors (Lipinski definition) is 4. The normalized spacial score (nSPS) is 11.4. The highest BCUT2D eigenvalue weighted by molar-refractivity contribution is 5.86. The lowest BCUT2D eigenvalue weighted by atomic mass is 10.1. The van der Waals surface area contributed by atoms with Gasteiger partial charge >= 0.3 is 0 Å². The van der Waals surface area contributed by atoms with Crippen molar-refractivity contribution in [1.29, 1.82) is 0 Å². The number of carbonyl (C=O) groups is 2. The lowest BCUT2D eigenvalue weighted by Gasteiger charge is -2.25. The standard InChI is InChI=1S/C24H30N4O3/c1-5-27(15-22(29)26-24(2,3)4)23(30)16-28-20-14-10-9-13-19(20)25-21(28)17-31-18-11-7-6-8-12-18/h6-14H,5,15-17H2,1-4H3,(H,26,29). The summed E-state index contributed by atoms with van der Waals surface area (Å²) in [6.45, 7) is 8.41. The van der Waals surface area contributed by atoms with Crippen LogP contribution in [0.3, 0.4) is 0 Å². The van der Waals surface area contributed by atoms with Gasteiger partial charge in [-0.15, -0.1) is 0 Å². The fourth-order valence-electron chi connectivity index (χ4n) is 3.32. The third-order valence-corrected chi connectivity index (χ3v) is 4.72. The number of nitrogens with zero attached hydrogens (tertiary/aromatic N) is 3. The Morgan fingerprint density at radius 2 is 1.74 bits per heavy atom. The largest absolute Gasteiger partial charge is 0.486 e. The second-order valence-electron chi connectivity index (χ2n) is 8.41. The number of para-hydroxylation sites is 3. The number of rotatable bonds is 8. The van der Waals surface area contributed by atoms with E-state index in [0.717, 1.165) is 16.8 Å². The summed E-state index contributed by atoms with van der Waals surface area (Å²) in [5.41, 5.74) is 1.32. The van der Waals surface area contributed by atoms with Gasteiger partial charge in [-0.1, -0.05) is 30.3 Å². The van der Waals surface area contributed by atoms with Crippen LogP contribution in [0.4, 0.5) is 0 Å². The van der Waals surface area contributed by atoms with Crippen LogP contribution in [0.1, 0.15) is 33.5 Å². The van der Waals surface area contributed by atoms with E-state index in [4.69, 9.17) is 4.74 Å².